The molecule has 6 nitrogen and oxygen atoms in total. The Morgan fingerprint density at radius 1 is 1.28 bits per heavy atom. The normalized spacial score (nSPS) is 10.1. The predicted molar refractivity (Wildman–Crippen MR) is 64.5 cm³/mol. The molecule has 0 atom stereocenters. The first kappa shape index (κ1) is 12.3. The summed E-state index contributed by atoms with van der Waals surface area (Å²) in [6.45, 7) is 0.176. The molecule has 92 valence electrons. The van der Waals surface area contributed by atoms with Crippen LogP contribution in [0, 0.1) is 10.1 Å². The monoisotopic (exact) mass is 265 g/mol. The van der Waals surface area contributed by atoms with E-state index in [2.05, 4.69) is 9.97 Å². The molecule has 1 aromatic carbocycles. The van der Waals surface area contributed by atoms with Gasteiger partial charge in [-0.2, -0.15) is 4.98 Å². The van der Waals surface area contributed by atoms with Crippen molar-refractivity contribution < 1.29 is 9.66 Å². The first-order valence-electron chi connectivity index (χ1n) is 5.00. The van der Waals surface area contributed by atoms with Gasteiger partial charge in [0.25, 0.3) is 5.88 Å². The fourth-order valence-electron chi connectivity index (χ4n) is 1.33. The zero-order valence-electron chi connectivity index (χ0n) is 9.12. The summed E-state index contributed by atoms with van der Waals surface area (Å²) in [5, 5.41) is 10.6. The van der Waals surface area contributed by atoms with E-state index >= 15 is 0 Å². The van der Waals surface area contributed by atoms with Crippen LogP contribution in [0.3, 0.4) is 0 Å². The highest BCUT2D eigenvalue weighted by Gasteiger charge is 2.22. The number of aromatic nitrogens is 2. The lowest BCUT2D eigenvalue weighted by Crippen LogP contribution is -2.02. The van der Waals surface area contributed by atoms with Gasteiger partial charge in [0.2, 0.25) is 5.15 Å². The third-order valence-electron chi connectivity index (χ3n) is 2.15. The van der Waals surface area contributed by atoms with Crippen LogP contribution < -0.4 is 4.74 Å². The Morgan fingerprint density at radius 2 is 2.00 bits per heavy atom. The summed E-state index contributed by atoms with van der Waals surface area (Å²) in [6, 6.07) is 9.25. The molecule has 0 saturated heterocycles. The molecule has 2 rings (SSSR count). The second kappa shape index (κ2) is 5.42. The van der Waals surface area contributed by atoms with Crippen LogP contribution in [0.2, 0.25) is 5.15 Å². The molecule has 0 radical (unpaired) electrons. The van der Waals surface area contributed by atoms with E-state index in [0.29, 0.717) is 0 Å². The van der Waals surface area contributed by atoms with Gasteiger partial charge in [-0.05, 0) is 5.56 Å². The Kier molecular flexibility index (Phi) is 3.69. The van der Waals surface area contributed by atoms with Crippen molar-refractivity contribution in [1.82, 2.24) is 9.97 Å². The Bertz CT molecular complexity index is 563. The SMILES string of the molecule is O=[N+]([O-])c1c(Cl)ncnc1OCc1ccccc1. The molecule has 0 saturated carbocycles. The summed E-state index contributed by atoms with van der Waals surface area (Å²) in [7, 11) is 0. The third kappa shape index (κ3) is 2.72. The molecule has 0 bridgehead atoms. The number of rotatable bonds is 4. The highest BCUT2D eigenvalue weighted by atomic mass is 35.5. The highest BCUT2D eigenvalue weighted by Crippen LogP contribution is 2.30. The third-order valence-corrected chi connectivity index (χ3v) is 2.42. The number of hydrogen-bond donors (Lipinski definition) is 0. The van der Waals surface area contributed by atoms with Crippen molar-refractivity contribution in [3.05, 3.63) is 57.5 Å². The molecule has 18 heavy (non-hydrogen) atoms. The van der Waals surface area contributed by atoms with Crippen molar-refractivity contribution >= 4 is 17.3 Å². The van der Waals surface area contributed by atoms with E-state index in [1.807, 2.05) is 30.3 Å². The Balaban J connectivity index is 2.20. The minimum atomic E-state index is -0.664. The van der Waals surface area contributed by atoms with Crippen LogP contribution in [0.5, 0.6) is 5.88 Å². The summed E-state index contributed by atoms with van der Waals surface area (Å²) in [5.74, 6) is -0.135. The molecule has 0 fully saturated rings. The van der Waals surface area contributed by atoms with Gasteiger partial charge in [0.15, 0.2) is 0 Å². The second-order valence-electron chi connectivity index (χ2n) is 3.35. The fourth-order valence-corrected chi connectivity index (χ4v) is 1.52. The van der Waals surface area contributed by atoms with Crippen LogP contribution in [0.4, 0.5) is 5.69 Å². The number of ether oxygens (including phenoxy) is 1. The van der Waals surface area contributed by atoms with Crippen LogP contribution in [0.15, 0.2) is 36.7 Å². The van der Waals surface area contributed by atoms with Crippen molar-refractivity contribution in [3.63, 3.8) is 0 Å². The highest BCUT2D eigenvalue weighted by molar-refractivity contribution is 6.31. The van der Waals surface area contributed by atoms with Gasteiger partial charge in [0.1, 0.15) is 12.9 Å². The number of halogens is 1. The molecule has 0 aliphatic heterocycles. The first-order chi connectivity index (χ1) is 8.68. The molecule has 1 heterocycles. The molecule has 0 aliphatic carbocycles. The van der Waals surface area contributed by atoms with Gasteiger partial charge in [0, 0.05) is 0 Å². The van der Waals surface area contributed by atoms with Crippen molar-refractivity contribution in [2.75, 3.05) is 0 Å². The molecule has 0 unspecified atom stereocenters. The molecule has 0 spiro atoms. The van der Waals surface area contributed by atoms with Crippen molar-refractivity contribution in [3.8, 4) is 5.88 Å². The van der Waals surface area contributed by atoms with Gasteiger partial charge in [-0.1, -0.05) is 41.9 Å². The lowest BCUT2D eigenvalue weighted by Gasteiger charge is -2.05. The van der Waals surface area contributed by atoms with E-state index in [0.717, 1.165) is 11.9 Å². The Hall–Kier alpha value is -2.21. The number of nitrogens with zero attached hydrogens (tertiary/aromatic N) is 3. The van der Waals surface area contributed by atoms with Crippen molar-refractivity contribution in [2.24, 2.45) is 0 Å². The fraction of sp³-hybridized carbons (Fsp3) is 0.0909. The van der Waals surface area contributed by atoms with Gasteiger partial charge in [0.05, 0.1) is 4.92 Å². The Labute approximate surface area is 107 Å². The average molecular weight is 266 g/mol. The quantitative estimate of drug-likeness (QED) is 0.482. The second-order valence-corrected chi connectivity index (χ2v) is 3.71. The average Bonchev–Trinajstić information content (AvgIpc) is 2.37. The maximum atomic E-state index is 10.8. The molecule has 0 amide bonds. The van der Waals surface area contributed by atoms with Crippen LogP contribution in [0.25, 0.3) is 0 Å². The molecular weight excluding hydrogens is 258 g/mol. The van der Waals surface area contributed by atoms with Crippen LogP contribution in [0.1, 0.15) is 5.56 Å². The smallest absolute Gasteiger partial charge is 0.367 e. The standard InChI is InChI=1S/C11H8ClN3O3/c12-10-9(15(16)17)11(14-7-13-10)18-6-8-4-2-1-3-5-8/h1-5,7H,6H2. The zero-order valence-corrected chi connectivity index (χ0v) is 9.87. The van der Waals surface area contributed by atoms with Crippen LogP contribution in [-0.4, -0.2) is 14.9 Å². The number of benzene rings is 1. The van der Waals surface area contributed by atoms with Gasteiger partial charge >= 0.3 is 5.69 Å². The van der Waals surface area contributed by atoms with Crippen LogP contribution >= 0.6 is 11.6 Å². The predicted octanol–water partition coefficient (Wildman–Crippen LogP) is 2.62. The van der Waals surface area contributed by atoms with E-state index in [1.54, 1.807) is 0 Å². The maximum absolute atomic E-state index is 10.8. The van der Waals surface area contributed by atoms with Crippen molar-refractivity contribution in [2.45, 2.75) is 6.61 Å². The van der Waals surface area contributed by atoms with Gasteiger partial charge in [-0.3, -0.25) is 10.1 Å². The van der Waals surface area contributed by atoms with E-state index < -0.39 is 10.6 Å². The molecular formula is C11H8ClN3O3. The van der Waals surface area contributed by atoms with Crippen molar-refractivity contribution in [1.29, 1.82) is 0 Å². The minimum absolute atomic E-state index is 0.135. The van der Waals surface area contributed by atoms with Gasteiger partial charge in [-0.25, -0.2) is 4.98 Å². The Morgan fingerprint density at radius 3 is 2.67 bits per heavy atom. The van der Waals surface area contributed by atoms with Gasteiger partial charge < -0.3 is 4.74 Å². The van der Waals surface area contributed by atoms with E-state index in [1.165, 1.54) is 0 Å². The number of hydrogen-bond acceptors (Lipinski definition) is 5. The topological polar surface area (TPSA) is 78.2 Å². The van der Waals surface area contributed by atoms with Gasteiger partial charge in [-0.15, -0.1) is 0 Å². The summed E-state index contributed by atoms with van der Waals surface area (Å²) in [5.41, 5.74) is 0.455. The van der Waals surface area contributed by atoms with Crippen LogP contribution in [-0.2, 0) is 6.61 Å². The molecule has 7 heteroatoms. The minimum Gasteiger partial charge on any atom is -0.468 e. The summed E-state index contributed by atoms with van der Waals surface area (Å²) in [6.07, 6.45) is 1.12. The molecule has 2 aromatic rings. The van der Waals surface area contributed by atoms with E-state index in [-0.39, 0.29) is 17.6 Å². The number of nitro groups is 1. The molecule has 0 N–H and O–H groups in total. The zero-order chi connectivity index (χ0) is 13.0. The summed E-state index contributed by atoms with van der Waals surface area (Å²) >= 11 is 5.63. The lowest BCUT2D eigenvalue weighted by molar-refractivity contribution is -0.386. The van der Waals surface area contributed by atoms with E-state index in [4.69, 9.17) is 16.3 Å². The summed E-state index contributed by atoms with van der Waals surface area (Å²) < 4.78 is 5.29. The molecule has 1 aromatic heterocycles. The van der Waals surface area contributed by atoms with E-state index in [9.17, 15) is 10.1 Å². The maximum Gasteiger partial charge on any atom is 0.367 e. The first-order valence-corrected chi connectivity index (χ1v) is 5.38. The molecule has 0 aliphatic rings. The largest absolute Gasteiger partial charge is 0.468 e. The lowest BCUT2D eigenvalue weighted by atomic mass is 10.2. The summed E-state index contributed by atoms with van der Waals surface area (Å²) in [4.78, 5) is 17.4.